The van der Waals surface area contributed by atoms with Crippen molar-refractivity contribution in [2.45, 2.75) is 5.75 Å². The summed E-state index contributed by atoms with van der Waals surface area (Å²) in [6.45, 7) is 0.359. The highest BCUT2D eigenvalue weighted by Crippen LogP contribution is 2.16. The highest BCUT2D eigenvalue weighted by Gasteiger charge is 2.06. The molecule has 0 spiro atoms. The number of para-hydroxylation sites is 1. The number of benzene rings is 1. The fourth-order valence-corrected chi connectivity index (χ4v) is 3.13. The minimum Gasteiger partial charge on any atom is -0.858 e. The maximum absolute atomic E-state index is 12.1. The fourth-order valence-electron chi connectivity index (χ4n) is 1.82. The van der Waals surface area contributed by atoms with Crippen LogP contribution in [0.3, 0.4) is 0 Å². The van der Waals surface area contributed by atoms with Gasteiger partial charge in [-0.15, -0.1) is 0 Å². The highest BCUT2D eigenvalue weighted by atomic mass is 32.2. The number of aliphatic imine (C=N–C) groups is 1. The second-order valence-corrected chi connectivity index (χ2v) is 7.59. The molecule has 1 aromatic carbocycles. The summed E-state index contributed by atoms with van der Waals surface area (Å²) < 4.78 is 30.2. The summed E-state index contributed by atoms with van der Waals surface area (Å²) in [7, 11) is -3.45. The Morgan fingerprint density at radius 3 is 2.78 bits per heavy atom. The van der Waals surface area contributed by atoms with Crippen molar-refractivity contribution in [2.75, 3.05) is 23.3 Å². The van der Waals surface area contributed by atoms with Crippen LogP contribution in [0.25, 0.3) is 0 Å². The molecule has 0 aliphatic carbocycles. The van der Waals surface area contributed by atoms with Crippen LogP contribution in [-0.4, -0.2) is 32.9 Å². The van der Waals surface area contributed by atoms with E-state index in [1.54, 1.807) is 36.2 Å². The Bertz CT molecular complexity index is 756. The normalized spacial score (nSPS) is 12.3. The third-order valence-electron chi connectivity index (χ3n) is 2.77. The summed E-state index contributed by atoms with van der Waals surface area (Å²) in [5, 5.41) is 12.1. The molecule has 0 fully saturated rings. The lowest BCUT2D eigenvalue weighted by molar-refractivity contribution is -0.213. The zero-order chi connectivity index (χ0) is 16.7. The zero-order valence-electron chi connectivity index (χ0n) is 12.6. The van der Waals surface area contributed by atoms with Gasteiger partial charge in [0.2, 0.25) is 10.0 Å². The Hall–Kier alpha value is -1.93. The molecule has 0 aliphatic rings. The minimum absolute atomic E-state index is 0.243. The molecule has 2 rings (SSSR count). The molecule has 23 heavy (non-hydrogen) atoms. The molecular weight excluding hydrogens is 336 g/mol. The van der Waals surface area contributed by atoms with Crippen LogP contribution in [0.1, 0.15) is 11.3 Å². The van der Waals surface area contributed by atoms with Crippen LogP contribution in [0.15, 0.2) is 52.1 Å². The van der Waals surface area contributed by atoms with Gasteiger partial charge in [0.25, 0.3) is 0 Å². The average Bonchev–Trinajstić information content (AvgIpc) is 2.99. The van der Waals surface area contributed by atoms with Gasteiger partial charge >= 0.3 is 0 Å². The number of nitrogens with one attached hydrogen (secondary N) is 1. The lowest BCUT2D eigenvalue weighted by Crippen LogP contribution is -2.22. The van der Waals surface area contributed by atoms with Crippen molar-refractivity contribution in [3.63, 3.8) is 0 Å². The SMILES string of the molecule is CS(=O)(=O)Nc1ccccc1C([O-])=NCCSCc1ccco1. The van der Waals surface area contributed by atoms with E-state index in [1.165, 1.54) is 6.07 Å². The number of nitrogens with zero attached hydrogens (tertiary/aromatic N) is 1. The molecular formula is C15H17N2O4S2-. The van der Waals surface area contributed by atoms with E-state index in [2.05, 4.69) is 9.71 Å². The van der Waals surface area contributed by atoms with Crippen molar-refractivity contribution >= 4 is 33.4 Å². The number of sulfonamides is 1. The third-order valence-corrected chi connectivity index (χ3v) is 4.32. The van der Waals surface area contributed by atoms with E-state index >= 15 is 0 Å². The van der Waals surface area contributed by atoms with Crippen LogP contribution in [0.4, 0.5) is 5.69 Å². The van der Waals surface area contributed by atoms with E-state index in [0.717, 1.165) is 17.8 Å². The Morgan fingerprint density at radius 1 is 1.30 bits per heavy atom. The first-order valence-electron chi connectivity index (χ1n) is 6.84. The third kappa shape index (κ3) is 5.99. The maximum Gasteiger partial charge on any atom is 0.229 e. The Balaban J connectivity index is 1.92. The monoisotopic (exact) mass is 353 g/mol. The summed E-state index contributed by atoms with van der Waals surface area (Å²) in [6, 6.07) is 10.1. The van der Waals surface area contributed by atoms with E-state index in [0.29, 0.717) is 12.3 Å². The number of hydrogen-bond donors (Lipinski definition) is 1. The number of rotatable bonds is 8. The molecule has 0 aliphatic heterocycles. The number of hydrogen-bond acceptors (Lipinski definition) is 6. The molecule has 0 saturated heterocycles. The van der Waals surface area contributed by atoms with Crippen molar-refractivity contribution in [3.05, 3.63) is 54.0 Å². The van der Waals surface area contributed by atoms with Gasteiger partial charge in [-0.1, -0.05) is 18.2 Å². The summed E-state index contributed by atoms with van der Waals surface area (Å²) >= 11 is 1.61. The number of anilines is 1. The maximum atomic E-state index is 12.1. The number of thioether (sulfide) groups is 1. The molecule has 0 unspecified atom stereocenters. The van der Waals surface area contributed by atoms with Crippen LogP contribution in [0.2, 0.25) is 0 Å². The van der Waals surface area contributed by atoms with Crippen molar-refractivity contribution in [1.29, 1.82) is 0 Å². The smallest absolute Gasteiger partial charge is 0.229 e. The lowest BCUT2D eigenvalue weighted by Gasteiger charge is -2.16. The summed E-state index contributed by atoms with van der Waals surface area (Å²) in [6.07, 6.45) is 2.66. The van der Waals surface area contributed by atoms with Gasteiger partial charge in [-0.3, -0.25) is 9.71 Å². The second-order valence-electron chi connectivity index (χ2n) is 4.74. The van der Waals surface area contributed by atoms with Gasteiger partial charge in [0, 0.05) is 17.9 Å². The summed E-state index contributed by atoms with van der Waals surface area (Å²) in [4.78, 5) is 3.98. The van der Waals surface area contributed by atoms with Crippen LogP contribution < -0.4 is 9.83 Å². The van der Waals surface area contributed by atoms with Crippen molar-refractivity contribution in [1.82, 2.24) is 0 Å². The van der Waals surface area contributed by atoms with E-state index < -0.39 is 15.9 Å². The first kappa shape index (κ1) is 17.4. The molecule has 0 amide bonds. The quantitative estimate of drug-likeness (QED) is 0.443. The van der Waals surface area contributed by atoms with Crippen LogP contribution in [0, 0.1) is 0 Å². The van der Waals surface area contributed by atoms with Gasteiger partial charge in [-0.25, -0.2) is 8.42 Å². The first-order chi connectivity index (χ1) is 11.0. The molecule has 0 radical (unpaired) electrons. The molecule has 2 aromatic rings. The van der Waals surface area contributed by atoms with Crippen LogP contribution in [-0.2, 0) is 15.8 Å². The number of furan rings is 1. The predicted molar refractivity (Wildman–Crippen MR) is 91.2 cm³/mol. The highest BCUT2D eigenvalue weighted by molar-refractivity contribution is 7.98. The molecule has 1 N–H and O–H groups in total. The molecule has 6 nitrogen and oxygen atoms in total. The predicted octanol–water partition coefficient (Wildman–Crippen LogP) is 1.69. The van der Waals surface area contributed by atoms with E-state index in [9.17, 15) is 13.5 Å². The van der Waals surface area contributed by atoms with E-state index in [4.69, 9.17) is 4.42 Å². The molecule has 8 heteroatoms. The van der Waals surface area contributed by atoms with E-state index in [-0.39, 0.29) is 11.3 Å². The standard InChI is InChI=1S/C15H18N2O4S2/c1-23(19,20)17-14-7-3-2-6-13(14)15(18)16-8-10-22-11-12-5-4-9-21-12/h2-7,9,17H,8,10-11H2,1H3,(H,16,18)/p-1. The van der Waals surface area contributed by atoms with Gasteiger partial charge in [-0.2, -0.15) is 11.8 Å². The molecule has 1 heterocycles. The summed E-state index contributed by atoms with van der Waals surface area (Å²) in [5.41, 5.74) is 0.487. The Morgan fingerprint density at radius 2 is 2.09 bits per heavy atom. The molecule has 124 valence electrons. The average molecular weight is 353 g/mol. The zero-order valence-corrected chi connectivity index (χ0v) is 14.2. The lowest BCUT2D eigenvalue weighted by atomic mass is 10.2. The van der Waals surface area contributed by atoms with Gasteiger partial charge in [0.1, 0.15) is 5.76 Å². The van der Waals surface area contributed by atoms with Gasteiger partial charge in [0.15, 0.2) is 0 Å². The van der Waals surface area contributed by atoms with Gasteiger partial charge in [0.05, 0.1) is 24.0 Å². The molecule has 0 bridgehead atoms. The summed E-state index contributed by atoms with van der Waals surface area (Å²) in [5.74, 6) is 1.84. The van der Waals surface area contributed by atoms with Gasteiger partial charge < -0.3 is 9.52 Å². The fraction of sp³-hybridized carbons (Fsp3) is 0.267. The Kier molecular flexibility index (Phi) is 6.12. The van der Waals surface area contributed by atoms with Crippen LogP contribution >= 0.6 is 11.8 Å². The molecule has 0 atom stereocenters. The Labute approximate surface area is 139 Å². The van der Waals surface area contributed by atoms with Crippen molar-refractivity contribution in [2.24, 2.45) is 4.99 Å². The molecule has 0 saturated carbocycles. The van der Waals surface area contributed by atoms with E-state index in [1.807, 2.05) is 12.1 Å². The minimum atomic E-state index is -3.45. The van der Waals surface area contributed by atoms with Crippen molar-refractivity contribution < 1.29 is 17.9 Å². The largest absolute Gasteiger partial charge is 0.858 e. The van der Waals surface area contributed by atoms with Crippen molar-refractivity contribution in [3.8, 4) is 0 Å². The second kappa shape index (κ2) is 8.07. The molecule has 1 aromatic heterocycles. The van der Waals surface area contributed by atoms with Gasteiger partial charge in [-0.05, 0) is 24.1 Å². The van der Waals surface area contributed by atoms with Crippen LogP contribution in [0.5, 0.6) is 0 Å². The first-order valence-corrected chi connectivity index (χ1v) is 9.89. The topological polar surface area (TPSA) is 94.7 Å².